The van der Waals surface area contributed by atoms with E-state index in [0.717, 1.165) is 11.4 Å². The molecule has 2 aromatic carbocycles. The van der Waals surface area contributed by atoms with E-state index in [4.69, 9.17) is 5.11 Å². The van der Waals surface area contributed by atoms with Crippen LogP contribution in [0.5, 0.6) is 0 Å². The molecule has 0 aliphatic rings. The Hall–Kier alpha value is -2.13. The zero-order chi connectivity index (χ0) is 12.1. The average Bonchev–Trinajstić information content (AvgIpc) is 2.41. The molecule has 0 heterocycles. The van der Waals surface area contributed by atoms with Crippen molar-refractivity contribution in [2.75, 3.05) is 11.5 Å². The van der Waals surface area contributed by atoms with Crippen molar-refractivity contribution >= 4 is 17.3 Å². The Morgan fingerprint density at radius 1 is 0.882 bits per heavy atom. The van der Waals surface area contributed by atoms with Gasteiger partial charge in [-0.2, -0.15) is 0 Å². The fraction of sp³-hybridized carbons (Fsp3) is 0.0714. The third-order valence-corrected chi connectivity index (χ3v) is 2.41. The second-order valence-corrected chi connectivity index (χ2v) is 3.56. The number of nitrogens with zero attached hydrogens (tertiary/aromatic N) is 1. The van der Waals surface area contributed by atoms with Crippen LogP contribution in [0.3, 0.4) is 0 Å². The van der Waals surface area contributed by atoms with Crippen LogP contribution in [0, 0.1) is 0 Å². The van der Waals surface area contributed by atoms with Gasteiger partial charge in [0.1, 0.15) is 6.61 Å². The minimum atomic E-state index is -0.510. The van der Waals surface area contributed by atoms with E-state index in [2.05, 4.69) is 0 Å². The first-order valence-electron chi connectivity index (χ1n) is 5.37. The summed E-state index contributed by atoms with van der Waals surface area (Å²) in [6, 6.07) is 18.5. The summed E-state index contributed by atoms with van der Waals surface area (Å²) in [5.74, 6) is -0.345. The van der Waals surface area contributed by atoms with E-state index < -0.39 is 6.61 Å². The van der Waals surface area contributed by atoms with Gasteiger partial charge in [-0.25, -0.2) is 0 Å². The third-order valence-electron chi connectivity index (χ3n) is 2.41. The van der Waals surface area contributed by atoms with Crippen LogP contribution >= 0.6 is 0 Å². The molecule has 0 radical (unpaired) electrons. The van der Waals surface area contributed by atoms with Crippen molar-refractivity contribution in [3.05, 3.63) is 60.7 Å². The molecule has 0 aromatic heterocycles. The highest BCUT2D eigenvalue weighted by molar-refractivity contribution is 6.01. The van der Waals surface area contributed by atoms with Gasteiger partial charge in [-0.15, -0.1) is 0 Å². The number of aliphatic hydroxyl groups excluding tert-OH is 1. The number of aliphatic hydroxyl groups is 1. The number of carbonyl (C=O) groups excluding carboxylic acids is 1. The molecule has 0 atom stereocenters. The predicted octanol–water partition coefficient (Wildman–Crippen LogP) is 2.34. The van der Waals surface area contributed by atoms with Crippen LogP contribution in [0.2, 0.25) is 0 Å². The van der Waals surface area contributed by atoms with Crippen molar-refractivity contribution in [2.45, 2.75) is 0 Å². The molecule has 3 nitrogen and oxygen atoms in total. The Morgan fingerprint density at radius 2 is 1.29 bits per heavy atom. The zero-order valence-electron chi connectivity index (χ0n) is 9.28. The second kappa shape index (κ2) is 5.27. The van der Waals surface area contributed by atoms with E-state index in [0.29, 0.717) is 0 Å². The van der Waals surface area contributed by atoms with Crippen molar-refractivity contribution in [1.29, 1.82) is 0 Å². The summed E-state index contributed by atoms with van der Waals surface area (Å²) in [5.41, 5.74) is 1.50. The van der Waals surface area contributed by atoms with Crippen LogP contribution < -0.4 is 4.90 Å². The molecule has 86 valence electrons. The molecule has 0 unspecified atom stereocenters. The highest BCUT2D eigenvalue weighted by Crippen LogP contribution is 2.24. The maximum atomic E-state index is 11.8. The van der Waals surface area contributed by atoms with E-state index in [-0.39, 0.29) is 5.91 Å². The number of para-hydroxylation sites is 2. The smallest absolute Gasteiger partial charge is 0.257 e. The van der Waals surface area contributed by atoms with E-state index in [1.54, 1.807) is 0 Å². The fourth-order valence-corrected chi connectivity index (χ4v) is 1.66. The van der Waals surface area contributed by atoms with Gasteiger partial charge in [-0.05, 0) is 24.3 Å². The van der Waals surface area contributed by atoms with Gasteiger partial charge >= 0.3 is 0 Å². The van der Waals surface area contributed by atoms with Crippen molar-refractivity contribution in [3.8, 4) is 0 Å². The molecule has 0 fully saturated rings. The quantitative estimate of drug-likeness (QED) is 0.874. The topological polar surface area (TPSA) is 40.5 Å². The first-order chi connectivity index (χ1) is 8.33. The maximum absolute atomic E-state index is 11.8. The van der Waals surface area contributed by atoms with Crippen molar-refractivity contribution in [2.24, 2.45) is 0 Å². The van der Waals surface area contributed by atoms with Crippen LogP contribution in [-0.4, -0.2) is 17.6 Å². The first-order valence-corrected chi connectivity index (χ1v) is 5.37. The lowest BCUT2D eigenvalue weighted by molar-refractivity contribution is -0.120. The SMILES string of the molecule is O=C(CO)N(c1ccccc1)c1ccccc1. The standard InChI is InChI=1S/C14H13NO2/c16-11-14(17)15(12-7-3-1-4-8-12)13-9-5-2-6-10-13/h1-10,16H,11H2. The minimum absolute atomic E-state index is 0.345. The molecule has 17 heavy (non-hydrogen) atoms. The lowest BCUT2D eigenvalue weighted by atomic mass is 10.2. The van der Waals surface area contributed by atoms with Gasteiger partial charge in [-0.1, -0.05) is 36.4 Å². The number of benzene rings is 2. The lowest BCUT2D eigenvalue weighted by Gasteiger charge is -2.21. The van der Waals surface area contributed by atoms with Crippen LogP contribution in [-0.2, 0) is 4.79 Å². The summed E-state index contributed by atoms with van der Waals surface area (Å²) in [5, 5.41) is 9.04. The fourth-order valence-electron chi connectivity index (χ4n) is 1.66. The number of hydrogen-bond donors (Lipinski definition) is 1. The van der Waals surface area contributed by atoms with Gasteiger partial charge in [0.2, 0.25) is 0 Å². The summed E-state index contributed by atoms with van der Waals surface area (Å²) in [6.07, 6.45) is 0. The molecule has 0 aliphatic heterocycles. The summed E-state index contributed by atoms with van der Waals surface area (Å²) < 4.78 is 0. The molecule has 0 bridgehead atoms. The number of carbonyl (C=O) groups is 1. The first kappa shape index (κ1) is 11.4. The van der Waals surface area contributed by atoms with Crippen molar-refractivity contribution in [1.82, 2.24) is 0 Å². The van der Waals surface area contributed by atoms with Crippen molar-refractivity contribution < 1.29 is 9.90 Å². The summed E-state index contributed by atoms with van der Waals surface area (Å²) in [4.78, 5) is 13.3. The van der Waals surface area contributed by atoms with Gasteiger partial charge in [0.05, 0.1) is 0 Å². The molecule has 3 heteroatoms. The van der Waals surface area contributed by atoms with Crippen molar-refractivity contribution in [3.63, 3.8) is 0 Å². The van der Waals surface area contributed by atoms with Gasteiger partial charge in [-0.3, -0.25) is 9.69 Å². The van der Waals surface area contributed by atoms with Gasteiger partial charge in [0.25, 0.3) is 5.91 Å². The molecule has 0 saturated heterocycles. The number of rotatable bonds is 3. The summed E-state index contributed by atoms with van der Waals surface area (Å²) in [6.45, 7) is -0.510. The Bertz CT molecular complexity index is 443. The lowest BCUT2D eigenvalue weighted by Crippen LogP contribution is -2.28. The highest BCUT2D eigenvalue weighted by Gasteiger charge is 2.15. The zero-order valence-corrected chi connectivity index (χ0v) is 9.28. The molecule has 1 N–H and O–H groups in total. The van der Waals surface area contributed by atoms with Gasteiger partial charge < -0.3 is 5.11 Å². The Labute approximate surface area is 99.9 Å². The van der Waals surface area contributed by atoms with Crippen LogP contribution in [0.25, 0.3) is 0 Å². The van der Waals surface area contributed by atoms with Gasteiger partial charge in [0.15, 0.2) is 0 Å². The Morgan fingerprint density at radius 3 is 1.65 bits per heavy atom. The van der Waals surface area contributed by atoms with E-state index in [9.17, 15) is 4.79 Å². The molecule has 2 rings (SSSR count). The molecular formula is C14H13NO2. The molecule has 0 aliphatic carbocycles. The van der Waals surface area contributed by atoms with E-state index >= 15 is 0 Å². The van der Waals surface area contributed by atoms with E-state index in [1.165, 1.54) is 4.90 Å². The summed E-state index contributed by atoms with van der Waals surface area (Å²) in [7, 11) is 0. The monoisotopic (exact) mass is 227 g/mol. The number of amides is 1. The number of anilines is 2. The highest BCUT2D eigenvalue weighted by atomic mass is 16.3. The number of hydrogen-bond acceptors (Lipinski definition) is 2. The van der Waals surface area contributed by atoms with E-state index in [1.807, 2.05) is 60.7 Å². The predicted molar refractivity (Wildman–Crippen MR) is 67.1 cm³/mol. The third kappa shape index (κ3) is 2.52. The Balaban J connectivity index is 2.43. The minimum Gasteiger partial charge on any atom is -0.387 e. The maximum Gasteiger partial charge on any atom is 0.257 e. The van der Waals surface area contributed by atoms with Gasteiger partial charge in [0, 0.05) is 11.4 Å². The second-order valence-electron chi connectivity index (χ2n) is 3.56. The van der Waals surface area contributed by atoms with Crippen LogP contribution in [0.1, 0.15) is 0 Å². The molecule has 1 amide bonds. The van der Waals surface area contributed by atoms with Crippen LogP contribution in [0.15, 0.2) is 60.7 Å². The molecule has 2 aromatic rings. The Kier molecular flexibility index (Phi) is 3.52. The molecule has 0 spiro atoms. The average molecular weight is 227 g/mol. The normalized spacial score (nSPS) is 9.94. The summed E-state index contributed by atoms with van der Waals surface area (Å²) >= 11 is 0. The molecular weight excluding hydrogens is 214 g/mol. The van der Waals surface area contributed by atoms with Crippen LogP contribution in [0.4, 0.5) is 11.4 Å². The largest absolute Gasteiger partial charge is 0.387 e. The molecule has 0 saturated carbocycles.